The minimum absolute atomic E-state index is 0.0113. The van der Waals surface area contributed by atoms with Crippen molar-refractivity contribution in [2.24, 2.45) is 17.6 Å². The first-order valence-corrected chi connectivity index (χ1v) is 11.7. The van der Waals surface area contributed by atoms with Gasteiger partial charge in [0.2, 0.25) is 0 Å². The molecule has 4 N–H and O–H groups in total. The molecule has 3 rings (SSSR count). The molecule has 1 fully saturated rings. The largest absolute Gasteiger partial charge is 0.388 e. The third-order valence-corrected chi connectivity index (χ3v) is 8.02. The summed E-state index contributed by atoms with van der Waals surface area (Å²) in [5.74, 6) is -4.90. The second kappa shape index (κ2) is 10.0. The van der Waals surface area contributed by atoms with E-state index in [0.29, 0.717) is 9.92 Å². The highest BCUT2D eigenvalue weighted by Crippen LogP contribution is 2.46. The second-order valence-corrected chi connectivity index (χ2v) is 10.0. The van der Waals surface area contributed by atoms with Crippen LogP contribution >= 0.6 is 23.4 Å². The van der Waals surface area contributed by atoms with Crippen LogP contribution < -0.4 is 11.1 Å². The zero-order valence-electron chi connectivity index (χ0n) is 17.8. The highest BCUT2D eigenvalue weighted by molar-refractivity contribution is 8.00. The number of carbonyl (C=O) groups is 1. The summed E-state index contributed by atoms with van der Waals surface area (Å²) in [7, 11) is 0. The van der Waals surface area contributed by atoms with Crippen molar-refractivity contribution in [2.75, 3.05) is 11.9 Å². The van der Waals surface area contributed by atoms with Gasteiger partial charge < -0.3 is 16.2 Å². The molecule has 1 aliphatic carbocycles. The fraction of sp³-hybridized carbons (Fsp3) is 0.435. The maximum Gasteiger partial charge on any atom is 0.255 e. The first-order chi connectivity index (χ1) is 15.1. The molecular weight excluding hydrogens is 461 g/mol. The van der Waals surface area contributed by atoms with E-state index in [1.807, 2.05) is 13.8 Å². The van der Waals surface area contributed by atoms with E-state index in [1.54, 1.807) is 12.1 Å². The average Bonchev–Trinajstić information content (AvgIpc) is 2.75. The predicted molar refractivity (Wildman–Crippen MR) is 122 cm³/mol. The first-order valence-electron chi connectivity index (χ1n) is 10.4. The van der Waals surface area contributed by atoms with E-state index >= 15 is 0 Å². The molecule has 174 valence electrons. The number of thioether (sulfide) groups is 1. The number of hydrogen-bond donors (Lipinski definition) is 3. The fourth-order valence-corrected chi connectivity index (χ4v) is 6.05. The van der Waals surface area contributed by atoms with Gasteiger partial charge in [0.15, 0.2) is 17.5 Å². The number of halogens is 4. The molecule has 2 aromatic rings. The summed E-state index contributed by atoms with van der Waals surface area (Å²) in [6, 6.07) is 6.14. The minimum atomic E-state index is -1.60. The number of rotatable bonds is 6. The van der Waals surface area contributed by atoms with Gasteiger partial charge in [0.05, 0.1) is 10.6 Å². The van der Waals surface area contributed by atoms with Crippen LogP contribution in [0.15, 0.2) is 35.2 Å². The van der Waals surface area contributed by atoms with Gasteiger partial charge in [0.1, 0.15) is 0 Å². The molecular formula is C23H26ClF3N2O2S. The van der Waals surface area contributed by atoms with Crippen molar-refractivity contribution < 1.29 is 23.1 Å². The molecule has 0 radical (unpaired) electrons. The van der Waals surface area contributed by atoms with Crippen molar-refractivity contribution in [2.45, 2.75) is 48.9 Å². The summed E-state index contributed by atoms with van der Waals surface area (Å²) in [4.78, 5) is 13.3. The van der Waals surface area contributed by atoms with Gasteiger partial charge in [-0.15, -0.1) is 11.8 Å². The molecule has 1 saturated carbocycles. The van der Waals surface area contributed by atoms with Crippen LogP contribution in [0, 0.1) is 29.3 Å². The number of nitrogens with one attached hydrogen (secondary N) is 1. The summed E-state index contributed by atoms with van der Waals surface area (Å²) in [6.07, 6.45) is 2.31. The summed E-state index contributed by atoms with van der Waals surface area (Å²) < 4.78 is 40.0. The van der Waals surface area contributed by atoms with Gasteiger partial charge in [-0.05, 0) is 42.9 Å². The number of hydrogen-bond acceptors (Lipinski definition) is 4. The highest BCUT2D eigenvalue weighted by Gasteiger charge is 2.45. The third-order valence-electron chi connectivity index (χ3n) is 6.27. The smallest absolute Gasteiger partial charge is 0.255 e. The second-order valence-electron chi connectivity index (χ2n) is 8.27. The molecule has 0 aromatic heterocycles. The highest BCUT2D eigenvalue weighted by atomic mass is 35.5. The third kappa shape index (κ3) is 5.09. The van der Waals surface area contributed by atoms with Gasteiger partial charge in [-0.1, -0.05) is 31.9 Å². The van der Waals surface area contributed by atoms with Crippen molar-refractivity contribution in [3.63, 3.8) is 0 Å². The van der Waals surface area contributed by atoms with E-state index in [-0.39, 0.29) is 34.9 Å². The van der Waals surface area contributed by atoms with Crippen molar-refractivity contribution in [3.05, 3.63) is 58.4 Å². The van der Waals surface area contributed by atoms with Crippen LogP contribution in [-0.2, 0) is 0 Å². The zero-order chi connectivity index (χ0) is 23.6. The molecule has 4 atom stereocenters. The molecule has 1 aliphatic rings. The SMILES string of the molecule is CCC1C[C@@H](Sc2cc(C(=O)Nc3cc(F)c(F)c(F)c3)ccc2Cl)C[C@H](C)[C@@]1(O)CN. The van der Waals surface area contributed by atoms with E-state index in [2.05, 4.69) is 5.32 Å². The Kier molecular flexibility index (Phi) is 7.81. The molecule has 9 heteroatoms. The lowest BCUT2D eigenvalue weighted by Crippen LogP contribution is -2.54. The summed E-state index contributed by atoms with van der Waals surface area (Å²) >= 11 is 7.90. The van der Waals surface area contributed by atoms with Crippen molar-refractivity contribution in [3.8, 4) is 0 Å². The Morgan fingerprint density at radius 2 is 1.91 bits per heavy atom. The number of anilines is 1. The van der Waals surface area contributed by atoms with Gasteiger partial charge in [0, 0.05) is 40.1 Å². The molecule has 1 amide bonds. The predicted octanol–water partition coefficient (Wildman–Crippen LogP) is 5.62. The Hall–Kier alpha value is -1.74. The number of nitrogens with two attached hydrogens (primary N) is 1. The Morgan fingerprint density at radius 3 is 2.50 bits per heavy atom. The molecule has 0 spiro atoms. The van der Waals surface area contributed by atoms with Crippen LogP contribution in [0.2, 0.25) is 5.02 Å². The molecule has 0 heterocycles. The lowest BCUT2D eigenvalue weighted by Gasteiger charge is -2.46. The molecule has 0 saturated heterocycles. The number of aliphatic hydroxyl groups is 1. The lowest BCUT2D eigenvalue weighted by atomic mass is 9.68. The van der Waals surface area contributed by atoms with Crippen LogP contribution in [0.3, 0.4) is 0 Å². The van der Waals surface area contributed by atoms with E-state index in [4.69, 9.17) is 17.3 Å². The Balaban J connectivity index is 1.77. The lowest BCUT2D eigenvalue weighted by molar-refractivity contribution is -0.0800. The van der Waals surface area contributed by atoms with Gasteiger partial charge >= 0.3 is 0 Å². The standard InChI is InChI=1S/C23H26ClF3N2O2S/c1-3-14-8-16(6-12(2)23(14,31)11-28)32-20-7-13(4-5-17(20)24)22(30)29-15-9-18(25)21(27)19(26)10-15/h4-5,7,9-10,12,14,16,31H,3,6,8,11,28H2,1-2H3,(H,29,30)/t12-,14?,16-,23-/m0/s1. The maximum absolute atomic E-state index is 13.4. The van der Waals surface area contributed by atoms with Gasteiger partial charge in [-0.25, -0.2) is 13.2 Å². The molecule has 1 unspecified atom stereocenters. The van der Waals surface area contributed by atoms with Crippen LogP contribution in [0.25, 0.3) is 0 Å². The molecule has 2 aromatic carbocycles. The van der Waals surface area contributed by atoms with E-state index < -0.39 is 29.0 Å². The van der Waals surface area contributed by atoms with Crippen LogP contribution in [-0.4, -0.2) is 28.4 Å². The van der Waals surface area contributed by atoms with Crippen molar-refractivity contribution in [1.29, 1.82) is 0 Å². The Labute approximate surface area is 194 Å². The quantitative estimate of drug-likeness (QED) is 0.463. The maximum atomic E-state index is 13.4. The van der Waals surface area contributed by atoms with Gasteiger partial charge in [0.25, 0.3) is 5.91 Å². The normalized spacial score (nSPS) is 25.6. The molecule has 0 bridgehead atoms. The summed E-state index contributed by atoms with van der Waals surface area (Å²) in [6.45, 7) is 4.24. The van der Waals surface area contributed by atoms with E-state index in [0.717, 1.165) is 31.4 Å². The number of amides is 1. The molecule has 32 heavy (non-hydrogen) atoms. The van der Waals surface area contributed by atoms with Crippen LogP contribution in [0.1, 0.15) is 43.5 Å². The van der Waals surface area contributed by atoms with Crippen molar-refractivity contribution in [1.82, 2.24) is 0 Å². The fourth-order valence-electron chi connectivity index (χ4n) is 4.35. The monoisotopic (exact) mass is 486 g/mol. The molecule has 4 nitrogen and oxygen atoms in total. The van der Waals surface area contributed by atoms with Crippen LogP contribution in [0.4, 0.5) is 18.9 Å². The van der Waals surface area contributed by atoms with E-state index in [9.17, 15) is 23.1 Å². The van der Waals surface area contributed by atoms with Gasteiger partial charge in [-0.3, -0.25) is 4.79 Å². The molecule has 0 aliphatic heterocycles. The summed E-state index contributed by atoms with van der Waals surface area (Å²) in [5.41, 5.74) is 5.03. The minimum Gasteiger partial charge on any atom is -0.388 e. The Morgan fingerprint density at radius 1 is 1.25 bits per heavy atom. The number of carbonyl (C=O) groups excluding carboxylic acids is 1. The average molecular weight is 487 g/mol. The van der Waals surface area contributed by atoms with E-state index in [1.165, 1.54) is 17.8 Å². The van der Waals surface area contributed by atoms with Gasteiger partial charge in [-0.2, -0.15) is 0 Å². The number of benzene rings is 2. The van der Waals surface area contributed by atoms with Crippen LogP contribution in [0.5, 0.6) is 0 Å². The Bertz CT molecular complexity index is 986. The zero-order valence-corrected chi connectivity index (χ0v) is 19.4. The topological polar surface area (TPSA) is 75.3 Å². The first kappa shape index (κ1) is 24.9. The van der Waals surface area contributed by atoms with Crippen molar-refractivity contribution >= 4 is 35.0 Å². The summed E-state index contributed by atoms with van der Waals surface area (Å²) in [5, 5.41) is 14.0.